The number of carbonyl (C=O) groups excluding carboxylic acids is 1. The number of nitrogens with one attached hydrogen (secondary N) is 1. The molecule has 78 valence electrons. The smallest absolute Gasteiger partial charge is 0.220 e. The Bertz CT molecular complexity index is 140. The standard InChI is InChI=1S/C9H20N2O2/c1-3-13-8(2)7-11-9(12)5-4-6-10/h8H,3-7,10H2,1-2H3,(H,11,12). The maximum atomic E-state index is 11.1. The minimum Gasteiger partial charge on any atom is -0.377 e. The van der Waals surface area contributed by atoms with E-state index in [0.717, 1.165) is 6.42 Å². The molecule has 0 fully saturated rings. The summed E-state index contributed by atoms with van der Waals surface area (Å²) in [6.07, 6.45) is 1.34. The molecule has 0 radical (unpaired) electrons. The molecule has 0 saturated heterocycles. The van der Waals surface area contributed by atoms with Crippen LogP contribution in [0, 0.1) is 0 Å². The molecule has 0 bridgehead atoms. The summed E-state index contributed by atoms with van der Waals surface area (Å²) in [5, 5.41) is 2.78. The summed E-state index contributed by atoms with van der Waals surface area (Å²) in [5.74, 6) is 0.0528. The van der Waals surface area contributed by atoms with Crippen molar-refractivity contribution in [3.63, 3.8) is 0 Å². The predicted molar refractivity (Wildman–Crippen MR) is 52.4 cm³/mol. The number of nitrogens with two attached hydrogens (primary N) is 1. The van der Waals surface area contributed by atoms with Gasteiger partial charge in [-0.05, 0) is 26.8 Å². The lowest BCUT2D eigenvalue weighted by molar-refractivity contribution is -0.121. The van der Waals surface area contributed by atoms with Crippen LogP contribution in [0.15, 0.2) is 0 Å². The zero-order valence-electron chi connectivity index (χ0n) is 8.51. The maximum Gasteiger partial charge on any atom is 0.220 e. The van der Waals surface area contributed by atoms with E-state index >= 15 is 0 Å². The van der Waals surface area contributed by atoms with Crippen molar-refractivity contribution in [2.45, 2.75) is 32.8 Å². The van der Waals surface area contributed by atoms with Gasteiger partial charge in [-0.25, -0.2) is 0 Å². The molecule has 0 aromatic heterocycles. The average molecular weight is 188 g/mol. The predicted octanol–water partition coefficient (Wildman–Crippen LogP) is 0.267. The molecule has 0 heterocycles. The third kappa shape index (κ3) is 7.74. The molecule has 0 aliphatic heterocycles. The van der Waals surface area contributed by atoms with Crippen molar-refractivity contribution >= 4 is 5.91 Å². The van der Waals surface area contributed by atoms with E-state index in [1.807, 2.05) is 13.8 Å². The number of carbonyl (C=O) groups is 1. The second-order valence-electron chi connectivity index (χ2n) is 2.96. The molecular formula is C9H20N2O2. The Kier molecular flexibility index (Phi) is 7.63. The Morgan fingerprint density at radius 1 is 1.62 bits per heavy atom. The van der Waals surface area contributed by atoms with Crippen molar-refractivity contribution in [3.05, 3.63) is 0 Å². The van der Waals surface area contributed by atoms with Gasteiger partial charge in [0.2, 0.25) is 5.91 Å². The summed E-state index contributed by atoms with van der Waals surface area (Å²) < 4.78 is 5.26. The van der Waals surface area contributed by atoms with Crippen LogP contribution in [-0.4, -0.2) is 31.7 Å². The van der Waals surface area contributed by atoms with Crippen LogP contribution in [0.5, 0.6) is 0 Å². The zero-order chi connectivity index (χ0) is 10.1. The number of amides is 1. The lowest BCUT2D eigenvalue weighted by Crippen LogP contribution is -2.32. The first-order chi connectivity index (χ1) is 6.20. The molecule has 4 heteroatoms. The maximum absolute atomic E-state index is 11.1. The van der Waals surface area contributed by atoms with Gasteiger partial charge in [0.1, 0.15) is 0 Å². The largest absolute Gasteiger partial charge is 0.377 e. The van der Waals surface area contributed by atoms with Crippen molar-refractivity contribution in [2.24, 2.45) is 5.73 Å². The average Bonchev–Trinajstić information content (AvgIpc) is 2.12. The van der Waals surface area contributed by atoms with Crippen molar-refractivity contribution in [2.75, 3.05) is 19.7 Å². The first kappa shape index (κ1) is 12.4. The summed E-state index contributed by atoms with van der Waals surface area (Å²) in [6.45, 7) is 5.70. The minimum atomic E-state index is 0.0528. The van der Waals surface area contributed by atoms with Crippen molar-refractivity contribution in [1.29, 1.82) is 0 Å². The van der Waals surface area contributed by atoms with E-state index < -0.39 is 0 Å². The monoisotopic (exact) mass is 188 g/mol. The fraction of sp³-hybridized carbons (Fsp3) is 0.889. The summed E-state index contributed by atoms with van der Waals surface area (Å²) >= 11 is 0. The highest BCUT2D eigenvalue weighted by atomic mass is 16.5. The molecular weight excluding hydrogens is 168 g/mol. The van der Waals surface area contributed by atoms with Gasteiger partial charge in [-0.1, -0.05) is 0 Å². The molecule has 0 aromatic rings. The molecule has 0 aromatic carbocycles. The van der Waals surface area contributed by atoms with Gasteiger partial charge in [-0.3, -0.25) is 4.79 Å². The van der Waals surface area contributed by atoms with Crippen molar-refractivity contribution in [3.8, 4) is 0 Å². The number of hydrogen-bond donors (Lipinski definition) is 2. The molecule has 1 atom stereocenters. The highest BCUT2D eigenvalue weighted by Gasteiger charge is 2.03. The van der Waals surface area contributed by atoms with Crippen LogP contribution in [0.1, 0.15) is 26.7 Å². The van der Waals surface area contributed by atoms with Gasteiger partial charge in [0.05, 0.1) is 6.10 Å². The van der Waals surface area contributed by atoms with Crippen LogP contribution in [0.3, 0.4) is 0 Å². The molecule has 0 rings (SSSR count). The van der Waals surface area contributed by atoms with Gasteiger partial charge < -0.3 is 15.8 Å². The summed E-state index contributed by atoms with van der Waals surface area (Å²) in [6, 6.07) is 0. The van der Waals surface area contributed by atoms with E-state index in [2.05, 4.69) is 5.32 Å². The van der Waals surface area contributed by atoms with Crippen LogP contribution in [0.25, 0.3) is 0 Å². The normalized spacial score (nSPS) is 12.5. The van der Waals surface area contributed by atoms with Gasteiger partial charge >= 0.3 is 0 Å². The first-order valence-corrected chi connectivity index (χ1v) is 4.79. The van der Waals surface area contributed by atoms with Crippen LogP contribution < -0.4 is 11.1 Å². The molecule has 0 aliphatic carbocycles. The number of hydrogen-bond acceptors (Lipinski definition) is 3. The molecule has 0 aliphatic rings. The Labute approximate surface area is 79.8 Å². The SMILES string of the molecule is CCOC(C)CNC(=O)CCCN. The van der Waals surface area contributed by atoms with Crippen LogP contribution in [-0.2, 0) is 9.53 Å². The van der Waals surface area contributed by atoms with Crippen LogP contribution in [0.4, 0.5) is 0 Å². The molecule has 3 N–H and O–H groups in total. The molecule has 4 nitrogen and oxygen atoms in total. The highest BCUT2D eigenvalue weighted by Crippen LogP contribution is 1.89. The quantitative estimate of drug-likeness (QED) is 0.602. The summed E-state index contributed by atoms with van der Waals surface area (Å²) in [7, 11) is 0. The molecule has 0 saturated carbocycles. The highest BCUT2D eigenvalue weighted by molar-refractivity contribution is 5.75. The molecule has 0 spiro atoms. The van der Waals surface area contributed by atoms with Gasteiger partial charge in [0.25, 0.3) is 0 Å². The third-order valence-corrected chi connectivity index (χ3v) is 1.65. The van der Waals surface area contributed by atoms with Gasteiger partial charge in [0, 0.05) is 19.6 Å². The number of rotatable bonds is 7. The Morgan fingerprint density at radius 3 is 2.85 bits per heavy atom. The Morgan fingerprint density at radius 2 is 2.31 bits per heavy atom. The molecule has 1 unspecified atom stereocenters. The summed E-state index contributed by atoms with van der Waals surface area (Å²) in [4.78, 5) is 11.1. The van der Waals surface area contributed by atoms with Crippen LogP contribution >= 0.6 is 0 Å². The molecule has 1 amide bonds. The molecule has 13 heavy (non-hydrogen) atoms. The zero-order valence-corrected chi connectivity index (χ0v) is 8.51. The second kappa shape index (κ2) is 8.01. The van der Waals surface area contributed by atoms with E-state index in [9.17, 15) is 4.79 Å². The minimum absolute atomic E-state index is 0.0528. The number of ether oxygens (including phenoxy) is 1. The summed E-state index contributed by atoms with van der Waals surface area (Å²) in [5.41, 5.74) is 5.28. The topological polar surface area (TPSA) is 64.3 Å². The second-order valence-corrected chi connectivity index (χ2v) is 2.96. The van der Waals surface area contributed by atoms with E-state index in [1.54, 1.807) is 0 Å². The van der Waals surface area contributed by atoms with Crippen molar-refractivity contribution in [1.82, 2.24) is 5.32 Å². The van der Waals surface area contributed by atoms with Gasteiger partial charge in [0.15, 0.2) is 0 Å². The lowest BCUT2D eigenvalue weighted by Gasteiger charge is -2.12. The fourth-order valence-corrected chi connectivity index (χ4v) is 0.952. The van der Waals surface area contributed by atoms with E-state index in [0.29, 0.717) is 26.1 Å². The lowest BCUT2D eigenvalue weighted by atomic mass is 10.3. The Balaban J connectivity index is 3.34. The first-order valence-electron chi connectivity index (χ1n) is 4.79. The van der Waals surface area contributed by atoms with E-state index in [1.165, 1.54) is 0 Å². The van der Waals surface area contributed by atoms with Crippen molar-refractivity contribution < 1.29 is 9.53 Å². The third-order valence-electron chi connectivity index (χ3n) is 1.65. The fourth-order valence-electron chi connectivity index (χ4n) is 0.952. The Hall–Kier alpha value is -0.610. The van der Waals surface area contributed by atoms with E-state index in [4.69, 9.17) is 10.5 Å². The van der Waals surface area contributed by atoms with E-state index in [-0.39, 0.29) is 12.0 Å². The van der Waals surface area contributed by atoms with Gasteiger partial charge in [-0.15, -0.1) is 0 Å². The van der Waals surface area contributed by atoms with Crippen LogP contribution in [0.2, 0.25) is 0 Å². The van der Waals surface area contributed by atoms with Gasteiger partial charge in [-0.2, -0.15) is 0 Å².